The summed E-state index contributed by atoms with van der Waals surface area (Å²) < 4.78 is 61.7. The molecule has 5 unspecified atom stereocenters. The number of carbonyl (C=O) groups excluding carboxylic acids is 3. The molecule has 0 fully saturated rings. The van der Waals surface area contributed by atoms with Crippen molar-refractivity contribution in [3.05, 3.63) is 194 Å². The van der Waals surface area contributed by atoms with Gasteiger partial charge in [-0.25, -0.2) is 9.13 Å². The van der Waals surface area contributed by atoms with Crippen LogP contribution in [-0.2, 0) is 55.8 Å². The van der Waals surface area contributed by atoms with Crippen molar-refractivity contribution in [2.75, 3.05) is 39.6 Å². The number of allylic oxidation sites excluding steroid dienone is 32. The van der Waals surface area contributed by atoms with Crippen LogP contribution in [0.5, 0.6) is 0 Å². The first-order valence-electron chi connectivity index (χ1n) is 49.7. The SMILES string of the molecule is CC/C=C\C/C=C\C/C=C\C/C=C\C/C=C\C/C=C\CCCCCCCCCCCCC(=O)OCC(COP(=O)(O)OCC(O)COP(=O)(O)OCC(O)COC(=O)CCCCCCCCCCCCCCCCC/C=C\C/C=C\C/C=C\C/C=C\CCCCC)OC(=O)CCCCCCCCCCCC/C=C\C/C=C\C/C=C\C/C=C\C/C=C\C/C=C\CC. The first-order chi connectivity index (χ1) is 61.2. The molecule has 125 heavy (non-hydrogen) atoms. The molecule has 0 aromatic rings. The van der Waals surface area contributed by atoms with Gasteiger partial charge in [-0.15, -0.1) is 0 Å². The third-order valence-corrected chi connectivity index (χ3v) is 22.7. The number of hydrogen-bond acceptors (Lipinski definition) is 14. The van der Waals surface area contributed by atoms with Crippen LogP contribution in [0, 0.1) is 0 Å². The molecular formula is C107H180O16P2. The van der Waals surface area contributed by atoms with Crippen LogP contribution in [0.15, 0.2) is 194 Å². The highest BCUT2D eigenvalue weighted by Crippen LogP contribution is 2.45. The second-order valence-electron chi connectivity index (χ2n) is 32.8. The van der Waals surface area contributed by atoms with E-state index < -0.39 is 91.5 Å². The maximum atomic E-state index is 13.1. The number of esters is 3. The Morgan fingerprint density at radius 1 is 0.232 bits per heavy atom. The van der Waals surface area contributed by atoms with Crippen molar-refractivity contribution in [1.29, 1.82) is 0 Å². The summed E-state index contributed by atoms with van der Waals surface area (Å²) in [5, 5.41) is 20.8. The molecule has 0 saturated carbocycles. The molecule has 0 bridgehead atoms. The predicted octanol–water partition coefficient (Wildman–Crippen LogP) is 31.3. The smallest absolute Gasteiger partial charge is 0.463 e. The van der Waals surface area contributed by atoms with Crippen LogP contribution in [-0.4, -0.2) is 95.9 Å². The highest BCUT2D eigenvalue weighted by atomic mass is 31.2. The van der Waals surface area contributed by atoms with E-state index in [1.165, 1.54) is 167 Å². The lowest BCUT2D eigenvalue weighted by molar-refractivity contribution is -0.161. The van der Waals surface area contributed by atoms with Gasteiger partial charge in [0.2, 0.25) is 0 Å². The van der Waals surface area contributed by atoms with Crippen LogP contribution < -0.4 is 0 Å². The number of aliphatic hydroxyl groups excluding tert-OH is 2. The fraction of sp³-hybridized carbons (Fsp3) is 0.673. The lowest BCUT2D eigenvalue weighted by Gasteiger charge is -2.21. The van der Waals surface area contributed by atoms with Gasteiger partial charge in [-0.3, -0.25) is 32.5 Å². The minimum atomic E-state index is -4.95. The zero-order valence-corrected chi connectivity index (χ0v) is 80.7. The molecule has 18 heteroatoms. The Labute approximate surface area is 763 Å². The van der Waals surface area contributed by atoms with Gasteiger partial charge in [0.15, 0.2) is 6.10 Å². The van der Waals surface area contributed by atoms with Crippen molar-refractivity contribution in [2.45, 2.75) is 424 Å². The molecule has 0 aliphatic carbocycles. The summed E-state index contributed by atoms with van der Waals surface area (Å²) in [6, 6.07) is 0. The third-order valence-electron chi connectivity index (χ3n) is 20.8. The quantitative estimate of drug-likeness (QED) is 0.0146. The molecule has 0 aromatic carbocycles. The van der Waals surface area contributed by atoms with Gasteiger partial charge in [0, 0.05) is 19.3 Å². The van der Waals surface area contributed by atoms with Crippen LogP contribution in [0.25, 0.3) is 0 Å². The van der Waals surface area contributed by atoms with Gasteiger partial charge in [-0.2, -0.15) is 0 Å². The van der Waals surface area contributed by atoms with E-state index >= 15 is 0 Å². The summed E-state index contributed by atoms with van der Waals surface area (Å²) in [6.45, 7) is 2.47. The monoisotopic (exact) mass is 1780 g/mol. The summed E-state index contributed by atoms with van der Waals surface area (Å²) in [5.74, 6) is -1.58. The average Bonchev–Trinajstić information content (AvgIpc) is 0.897. The topological polar surface area (TPSA) is 231 Å². The average molecular weight is 1780 g/mol. The zero-order valence-electron chi connectivity index (χ0n) is 79.0. The van der Waals surface area contributed by atoms with E-state index in [0.717, 1.165) is 180 Å². The van der Waals surface area contributed by atoms with E-state index in [2.05, 4.69) is 215 Å². The standard InChI is InChI=1S/C107H180O16P2/c1-4-7-10-13-16-19-22-25-28-31-34-37-40-43-46-49-50-53-55-57-60-63-66-69-72-75-78-81-84-87-90-93-105(110)117-96-102(108)97-119-124(113,114)120-98-103(109)99-121-125(115,116)122-101-104(123-107(112)95-92-89-86-83-80-77-74-71-68-65-62-59-56-52-48-45-42-39-36-33-30-27-24-21-18-15-12-9-6-3)100-118-106(111)94-91-88-85-82-79-76-73-70-67-64-61-58-54-51-47-44-41-38-35-32-29-26-23-20-17-14-11-8-5-2/h8-9,11-12,16-21,25-30,34-39,43-48,54,56,58-59,102-104,108-109H,4-7,10,13-15,22-24,31-33,40-42,49-53,55,57,60-101H2,1-3H3,(H,113,114)(H,115,116)/b11-8-,12-9-,19-16-,20-17-,21-18-,28-25-,29-26-,30-27-,37-34-,38-35-,39-36-,46-43-,47-44-,48-45-,58-54-,59-56-. The lowest BCUT2D eigenvalue weighted by Crippen LogP contribution is -2.30. The predicted molar refractivity (Wildman–Crippen MR) is 528 cm³/mol. The molecule has 16 nitrogen and oxygen atoms in total. The van der Waals surface area contributed by atoms with Gasteiger partial charge in [0.1, 0.15) is 25.4 Å². The Balaban J connectivity index is 4.67. The van der Waals surface area contributed by atoms with Gasteiger partial charge in [0.05, 0.1) is 26.4 Å². The van der Waals surface area contributed by atoms with Crippen LogP contribution in [0.2, 0.25) is 0 Å². The fourth-order valence-electron chi connectivity index (χ4n) is 13.3. The Kier molecular flexibility index (Phi) is 93.1. The fourth-order valence-corrected chi connectivity index (χ4v) is 14.9. The Bertz CT molecular complexity index is 3050. The molecule has 4 N–H and O–H groups in total. The summed E-state index contributed by atoms with van der Waals surface area (Å²) in [6.07, 6.45) is 130. The molecule has 5 atom stereocenters. The highest BCUT2D eigenvalue weighted by Gasteiger charge is 2.30. The largest absolute Gasteiger partial charge is 0.472 e. The number of hydrogen-bond donors (Lipinski definition) is 4. The van der Waals surface area contributed by atoms with Gasteiger partial charge >= 0.3 is 33.6 Å². The van der Waals surface area contributed by atoms with Crippen molar-refractivity contribution in [2.24, 2.45) is 0 Å². The molecule has 714 valence electrons. The number of rotatable bonds is 93. The summed E-state index contributed by atoms with van der Waals surface area (Å²) in [5.41, 5.74) is 0. The minimum Gasteiger partial charge on any atom is -0.463 e. The number of phosphoric ester groups is 2. The Morgan fingerprint density at radius 3 is 0.672 bits per heavy atom. The zero-order chi connectivity index (χ0) is 90.7. The third kappa shape index (κ3) is 98.8. The number of carbonyl (C=O) groups is 3. The maximum Gasteiger partial charge on any atom is 0.472 e. The van der Waals surface area contributed by atoms with E-state index in [0.29, 0.717) is 19.3 Å². The molecule has 0 heterocycles. The number of ether oxygens (including phenoxy) is 3. The van der Waals surface area contributed by atoms with E-state index in [-0.39, 0.29) is 19.3 Å². The van der Waals surface area contributed by atoms with Gasteiger partial charge in [-0.1, -0.05) is 414 Å². The van der Waals surface area contributed by atoms with Crippen molar-refractivity contribution < 1.29 is 75.8 Å². The molecular weight excluding hydrogens is 1600 g/mol. The summed E-state index contributed by atoms with van der Waals surface area (Å²) in [7, 11) is -9.83. The first kappa shape index (κ1) is 119. The van der Waals surface area contributed by atoms with E-state index in [1.54, 1.807) is 0 Å². The molecule has 0 aliphatic rings. The normalized spacial score (nSPS) is 14.5. The lowest BCUT2D eigenvalue weighted by atomic mass is 10.0. The van der Waals surface area contributed by atoms with E-state index in [9.17, 15) is 43.5 Å². The molecule has 0 amide bonds. The number of unbranched alkanes of at least 4 members (excludes halogenated alkanes) is 38. The van der Waals surface area contributed by atoms with Crippen LogP contribution in [0.3, 0.4) is 0 Å². The summed E-state index contributed by atoms with van der Waals surface area (Å²) in [4.78, 5) is 59.2. The van der Waals surface area contributed by atoms with Gasteiger partial charge in [0.25, 0.3) is 0 Å². The molecule has 0 aromatic heterocycles. The van der Waals surface area contributed by atoms with Crippen molar-refractivity contribution in [3.63, 3.8) is 0 Å². The van der Waals surface area contributed by atoms with Crippen LogP contribution in [0.1, 0.15) is 406 Å². The van der Waals surface area contributed by atoms with Gasteiger partial charge < -0.3 is 34.2 Å². The van der Waals surface area contributed by atoms with Crippen molar-refractivity contribution in [1.82, 2.24) is 0 Å². The number of aliphatic hydroxyl groups is 2. The number of phosphoric acid groups is 2. The molecule has 0 aliphatic heterocycles. The van der Waals surface area contributed by atoms with Crippen LogP contribution in [0.4, 0.5) is 0 Å². The molecule has 0 saturated heterocycles. The van der Waals surface area contributed by atoms with Gasteiger partial charge in [-0.05, 0) is 167 Å². The summed E-state index contributed by atoms with van der Waals surface area (Å²) >= 11 is 0. The molecule has 0 rings (SSSR count). The molecule has 0 radical (unpaired) electrons. The molecule has 0 spiro atoms. The van der Waals surface area contributed by atoms with E-state index in [4.69, 9.17) is 32.3 Å². The second kappa shape index (κ2) is 97.4. The van der Waals surface area contributed by atoms with E-state index in [1.807, 2.05) is 0 Å². The first-order valence-corrected chi connectivity index (χ1v) is 52.7. The second-order valence-corrected chi connectivity index (χ2v) is 35.7. The maximum absolute atomic E-state index is 13.1. The minimum absolute atomic E-state index is 0.0914. The van der Waals surface area contributed by atoms with Crippen LogP contribution >= 0.6 is 15.6 Å². The van der Waals surface area contributed by atoms with Crippen molar-refractivity contribution in [3.8, 4) is 0 Å². The van der Waals surface area contributed by atoms with Crippen molar-refractivity contribution >= 4 is 33.6 Å². The Hall–Kier alpha value is -5.61. The Morgan fingerprint density at radius 2 is 0.424 bits per heavy atom. The highest BCUT2D eigenvalue weighted by molar-refractivity contribution is 7.47.